The lowest BCUT2D eigenvalue weighted by molar-refractivity contribution is -0.0964. The highest BCUT2D eigenvalue weighted by molar-refractivity contribution is 4.97. The van der Waals surface area contributed by atoms with Gasteiger partial charge in [0.25, 0.3) is 0 Å². The molecule has 1 saturated carbocycles. The van der Waals surface area contributed by atoms with Gasteiger partial charge in [0.1, 0.15) is 0 Å². The van der Waals surface area contributed by atoms with Crippen LogP contribution >= 0.6 is 0 Å². The van der Waals surface area contributed by atoms with Crippen LogP contribution in [0.4, 0.5) is 0 Å². The van der Waals surface area contributed by atoms with Crippen molar-refractivity contribution in [3.63, 3.8) is 0 Å². The van der Waals surface area contributed by atoms with Crippen molar-refractivity contribution in [3.05, 3.63) is 0 Å². The third kappa shape index (κ3) is 1.80. The molecular formula is C10H21NO. The Hall–Kier alpha value is -0.0800. The lowest BCUT2D eigenvalue weighted by Crippen LogP contribution is -2.52. The molecule has 0 aromatic heterocycles. The van der Waals surface area contributed by atoms with Gasteiger partial charge in [-0.3, -0.25) is 0 Å². The predicted octanol–water partition coefficient (Wildman–Crippen LogP) is 1.39. The first-order chi connectivity index (χ1) is 5.59. The third-order valence-electron chi connectivity index (χ3n) is 3.24. The lowest BCUT2D eigenvalue weighted by atomic mass is 9.60. The zero-order valence-corrected chi connectivity index (χ0v) is 8.43. The highest BCUT2D eigenvalue weighted by Gasteiger charge is 2.46. The molecule has 0 amide bonds. The van der Waals surface area contributed by atoms with E-state index < -0.39 is 0 Å². The molecule has 0 bridgehead atoms. The van der Waals surface area contributed by atoms with E-state index in [0.717, 1.165) is 19.5 Å². The van der Waals surface area contributed by atoms with Gasteiger partial charge in [-0.2, -0.15) is 0 Å². The molecule has 2 unspecified atom stereocenters. The van der Waals surface area contributed by atoms with Crippen molar-refractivity contribution in [2.24, 2.45) is 11.3 Å². The summed E-state index contributed by atoms with van der Waals surface area (Å²) < 4.78 is 0. The molecule has 0 aromatic carbocycles. The predicted molar refractivity (Wildman–Crippen MR) is 51.1 cm³/mol. The Kier molecular flexibility index (Phi) is 3.13. The SMILES string of the molecule is CCCNCC1CC(O)C1(C)C. The monoisotopic (exact) mass is 171 g/mol. The molecule has 12 heavy (non-hydrogen) atoms. The Balaban J connectivity index is 2.19. The van der Waals surface area contributed by atoms with Crippen LogP contribution in [-0.4, -0.2) is 24.3 Å². The van der Waals surface area contributed by atoms with E-state index in [2.05, 4.69) is 26.1 Å². The summed E-state index contributed by atoms with van der Waals surface area (Å²) in [5.41, 5.74) is 0.140. The number of aliphatic hydroxyl groups excluding tert-OH is 1. The summed E-state index contributed by atoms with van der Waals surface area (Å²) in [6, 6.07) is 0. The molecule has 2 nitrogen and oxygen atoms in total. The molecule has 0 aliphatic heterocycles. The minimum absolute atomic E-state index is 0.0778. The molecule has 2 atom stereocenters. The van der Waals surface area contributed by atoms with E-state index in [-0.39, 0.29) is 11.5 Å². The second-order valence-electron chi connectivity index (χ2n) is 4.47. The molecule has 2 N–H and O–H groups in total. The van der Waals surface area contributed by atoms with Gasteiger partial charge in [0.2, 0.25) is 0 Å². The van der Waals surface area contributed by atoms with Gasteiger partial charge in [-0.05, 0) is 37.3 Å². The maximum Gasteiger partial charge on any atom is 0.0597 e. The molecule has 1 fully saturated rings. The Bertz CT molecular complexity index is 145. The summed E-state index contributed by atoms with van der Waals surface area (Å²) in [4.78, 5) is 0. The molecule has 1 aliphatic carbocycles. The Morgan fingerprint density at radius 2 is 2.17 bits per heavy atom. The zero-order valence-electron chi connectivity index (χ0n) is 8.43. The first-order valence-electron chi connectivity index (χ1n) is 4.97. The number of hydrogen-bond acceptors (Lipinski definition) is 2. The van der Waals surface area contributed by atoms with Crippen molar-refractivity contribution in [2.45, 2.75) is 39.7 Å². The molecular weight excluding hydrogens is 150 g/mol. The topological polar surface area (TPSA) is 32.3 Å². The molecule has 1 aliphatic rings. The summed E-state index contributed by atoms with van der Waals surface area (Å²) >= 11 is 0. The van der Waals surface area contributed by atoms with Crippen LogP contribution in [-0.2, 0) is 0 Å². The van der Waals surface area contributed by atoms with Crippen LogP contribution in [0, 0.1) is 11.3 Å². The van der Waals surface area contributed by atoms with E-state index in [0.29, 0.717) is 5.92 Å². The van der Waals surface area contributed by atoms with E-state index in [1.807, 2.05) is 0 Å². The smallest absolute Gasteiger partial charge is 0.0597 e. The quantitative estimate of drug-likeness (QED) is 0.627. The molecule has 0 heterocycles. The van der Waals surface area contributed by atoms with Crippen LogP contribution in [0.25, 0.3) is 0 Å². The standard InChI is InChI=1S/C10H21NO/c1-4-5-11-7-8-6-9(12)10(8,2)3/h8-9,11-12H,4-7H2,1-3H3. The van der Waals surface area contributed by atoms with Crippen LogP contribution in [0.2, 0.25) is 0 Å². The van der Waals surface area contributed by atoms with Crippen molar-refractivity contribution < 1.29 is 5.11 Å². The van der Waals surface area contributed by atoms with Crippen LogP contribution in [0.1, 0.15) is 33.6 Å². The highest BCUT2D eigenvalue weighted by Crippen LogP contribution is 2.45. The maximum atomic E-state index is 9.47. The van der Waals surface area contributed by atoms with E-state index >= 15 is 0 Å². The highest BCUT2D eigenvalue weighted by atomic mass is 16.3. The van der Waals surface area contributed by atoms with Gasteiger partial charge in [0.15, 0.2) is 0 Å². The molecule has 0 spiro atoms. The summed E-state index contributed by atoms with van der Waals surface area (Å²) in [6.45, 7) is 8.65. The first kappa shape index (κ1) is 10.0. The van der Waals surface area contributed by atoms with E-state index in [4.69, 9.17) is 0 Å². The summed E-state index contributed by atoms with van der Waals surface area (Å²) in [6.07, 6.45) is 2.09. The van der Waals surface area contributed by atoms with Crippen molar-refractivity contribution in [1.29, 1.82) is 0 Å². The van der Waals surface area contributed by atoms with Crippen LogP contribution in [0.15, 0.2) is 0 Å². The Labute approximate surface area is 75.4 Å². The second kappa shape index (κ2) is 3.75. The second-order valence-corrected chi connectivity index (χ2v) is 4.47. The van der Waals surface area contributed by atoms with Gasteiger partial charge >= 0.3 is 0 Å². The molecule has 0 radical (unpaired) electrons. The fraction of sp³-hybridized carbons (Fsp3) is 1.00. The van der Waals surface area contributed by atoms with Gasteiger partial charge in [-0.25, -0.2) is 0 Å². The average Bonchev–Trinajstić information content (AvgIpc) is 2.04. The molecule has 1 rings (SSSR count). The fourth-order valence-corrected chi connectivity index (χ4v) is 1.79. The van der Waals surface area contributed by atoms with Gasteiger partial charge in [-0.1, -0.05) is 20.8 Å². The fourth-order valence-electron chi connectivity index (χ4n) is 1.79. The molecule has 72 valence electrons. The normalized spacial score (nSPS) is 33.0. The van der Waals surface area contributed by atoms with Gasteiger partial charge < -0.3 is 10.4 Å². The maximum absolute atomic E-state index is 9.47. The molecule has 2 heteroatoms. The summed E-state index contributed by atoms with van der Waals surface area (Å²) in [7, 11) is 0. The van der Waals surface area contributed by atoms with Crippen molar-refractivity contribution in [2.75, 3.05) is 13.1 Å². The van der Waals surface area contributed by atoms with Crippen LogP contribution in [0.3, 0.4) is 0 Å². The van der Waals surface area contributed by atoms with E-state index in [9.17, 15) is 5.11 Å². The number of nitrogens with one attached hydrogen (secondary N) is 1. The third-order valence-corrected chi connectivity index (χ3v) is 3.24. The van der Waals surface area contributed by atoms with Gasteiger partial charge in [-0.15, -0.1) is 0 Å². The number of hydrogen-bond donors (Lipinski definition) is 2. The lowest BCUT2D eigenvalue weighted by Gasteiger charge is -2.49. The van der Waals surface area contributed by atoms with E-state index in [1.165, 1.54) is 6.42 Å². The largest absolute Gasteiger partial charge is 0.393 e. The van der Waals surface area contributed by atoms with Crippen molar-refractivity contribution in [3.8, 4) is 0 Å². The number of rotatable bonds is 4. The minimum atomic E-state index is -0.0778. The van der Waals surface area contributed by atoms with Crippen LogP contribution in [0.5, 0.6) is 0 Å². The average molecular weight is 171 g/mol. The Morgan fingerprint density at radius 3 is 2.58 bits per heavy atom. The van der Waals surface area contributed by atoms with Gasteiger partial charge in [0.05, 0.1) is 6.10 Å². The minimum Gasteiger partial charge on any atom is -0.393 e. The number of aliphatic hydroxyl groups is 1. The van der Waals surface area contributed by atoms with E-state index in [1.54, 1.807) is 0 Å². The van der Waals surface area contributed by atoms with Gasteiger partial charge in [0, 0.05) is 0 Å². The van der Waals surface area contributed by atoms with Crippen LogP contribution < -0.4 is 5.32 Å². The molecule has 0 aromatic rings. The summed E-state index contributed by atoms with van der Waals surface area (Å²) in [5, 5.41) is 12.9. The Morgan fingerprint density at radius 1 is 1.50 bits per heavy atom. The zero-order chi connectivity index (χ0) is 9.19. The molecule has 0 saturated heterocycles. The summed E-state index contributed by atoms with van der Waals surface area (Å²) in [5.74, 6) is 0.666. The first-order valence-corrected chi connectivity index (χ1v) is 4.97. The van der Waals surface area contributed by atoms with Crippen molar-refractivity contribution in [1.82, 2.24) is 5.32 Å². The van der Waals surface area contributed by atoms with Crippen molar-refractivity contribution >= 4 is 0 Å².